The molecule has 1 saturated carbocycles. The molecule has 0 aromatic heterocycles. The third-order valence-corrected chi connectivity index (χ3v) is 8.09. The number of hydrogen-bond acceptors (Lipinski definition) is 0. The Hall–Kier alpha value is 0.960. The molecule has 6 heteroatoms. The molecule has 0 saturated heterocycles. The molecule has 0 nitrogen and oxygen atoms in total. The number of hydrogen-bond donors (Lipinski definition) is 0. The van der Waals surface area contributed by atoms with Crippen molar-refractivity contribution in [1.82, 2.24) is 0 Å². The zero-order valence-electron chi connectivity index (χ0n) is 8.23. The van der Waals surface area contributed by atoms with Crippen LogP contribution in [0.2, 0.25) is 0 Å². The Balaban J connectivity index is 2.34. The van der Waals surface area contributed by atoms with E-state index in [4.69, 9.17) is 69.6 Å². The second-order valence-electron chi connectivity index (χ2n) is 4.45. The van der Waals surface area contributed by atoms with Crippen LogP contribution in [0.4, 0.5) is 0 Å². The van der Waals surface area contributed by atoms with E-state index in [1.54, 1.807) is 0 Å². The molecule has 17 heavy (non-hydrogen) atoms. The van der Waals surface area contributed by atoms with Crippen LogP contribution in [-0.4, -0.2) is 14.1 Å². The highest BCUT2D eigenvalue weighted by Gasteiger charge is 2.81. The van der Waals surface area contributed by atoms with Gasteiger partial charge in [-0.15, -0.1) is 23.2 Å². The molecule has 3 aliphatic carbocycles. The number of allylic oxidation sites excluding steroid dienone is 6. The van der Waals surface area contributed by atoms with E-state index in [9.17, 15) is 0 Å². The Bertz CT molecular complexity index is 448. The fourth-order valence-electron chi connectivity index (χ4n) is 2.94. The van der Waals surface area contributed by atoms with E-state index in [1.165, 1.54) is 0 Å². The molecule has 0 heterocycles. The van der Waals surface area contributed by atoms with Gasteiger partial charge >= 0.3 is 0 Å². The SMILES string of the molecule is ClC1=C(Cl)[C@]2(Cl)C3C=CC=CC3[C@@]1(Cl)C2(Cl)Cl. The highest BCUT2D eigenvalue weighted by molar-refractivity contribution is 6.65. The van der Waals surface area contributed by atoms with Gasteiger partial charge in [0.25, 0.3) is 0 Å². The summed E-state index contributed by atoms with van der Waals surface area (Å²) in [5.74, 6) is -0.312. The molecule has 1 fully saturated rings. The van der Waals surface area contributed by atoms with Gasteiger partial charge in [-0.05, 0) is 0 Å². The molecule has 2 bridgehead atoms. The van der Waals surface area contributed by atoms with Crippen LogP contribution in [0.1, 0.15) is 0 Å². The van der Waals surface area contributed by atoms with Crippen LogP contribution in [0.5, 0.6) is 0 Å². The van der Waals surface area contributed by atoms with Crippen LogP contribution in [0.25, 0.3) is 0 Å². The number of fused-ring (bicyclic) bond motifs is 5. The van der Waals surface area contributed by atoms with Gasteiger partial charge in [-0.2, -0.15) is 0 Å². The van der Waals surface area contributed by atoms with Gasteiger partial charge < -0.3 is 0 Å². The molecular weight excluding hydrogens is 345 g/mol. The Labute approximate surface area is 129 Å². The lowest BCUT2D eigenvalue weighted by molar-refractivity contribution is 0.462. The average Bonchev–Trinajstić information content (AvgIpc) is 2.51. The topological polar surface area (TPSA) is 0 Å². The predicted molar refractivity (Wildman–Crippen MR) is 75.6 cm³/mol. The van der Waals surface area contributed by atoms with Crippen LogP contribution in [0.15, 0.2) is 34.4 Å². The standard InChI is InChI=1S/C11H6Cl6/c12-7-8(13)10(15)6-4-2-1-3-5(6)9(7,14)11(10,16)17/h1-6H/t5?,6?,9-,10+. The summed E-state index contributed by atoms with van der Waals surface area (Å²) in [6, 6.07) is 0. The Morgan fingerprint density at radius 1 is 0.765 bits per heavy atom. The van der Waals surface area contributed by atoms with Gasteiger partial charge in [-0.1, -0.05) is 70.7 Å². The van der Waals surface area contributed by atoms with E-state index in [0.717, 1.165) is 0 Å². The fraction of sp³-hybridized carbons (Fsp3) is 0.455. The maximum atomic E-state index is 6.59. The summed E-state index contributed by atoms with van der Waals surface area (Å²) in [5.41, 5.74) is 0. The summed E-state index contributed by atoms with van der Waals surface area (Å²) in [7, 11) is 0. The van der Waals surface area contributed by atoms with Crippen molar-refractivity contribution in [3.8, 4) is 0 Å². The van der Waals surface area contributed by atoms with Crippen LogP contribution in [0.3, 0.4) is 0 Å². The first-order valence-corrected chi connectivity index (χ1v) is 7.23. The minimum absolute atomic E-state index is 0.156. The van der Waals surface area contributed by atoms with Gasteiger partial charge in [-0.3, -0.25) is 0 Å². The average molecular weight is 351 g/mol. The number of alkyl halides is 4. The molecule has 0 N–H and O–H groups in total. The summed E-state index contributed by atoms with van der Waals surface area (Å²) in [5, 5.41) is 0.504. The van der Waals surface area contributed by atoms with E-state index in [-0.39, 0.29) is 21.9 Å². The normalized spacial score (nSPS) is 50.0. The first kappa shape index (κ1) is 13.0. The van der Waals surface area contributed by atoms with Crippen molar-refractivity contribution in [1.29, 1.82) is 0 Å². The summed E-state index contributed by atoms with van der Waals surface area (Å²) < 4.78 is -1.44. The van der Waals surface area contributed by atoms with E-state index < -0.39 is 14.1 Å². The van der Waals surface area contributed by atoms with E-state index >= 15 is 0 Å². The quantitative estimate of drug-likeness (QED) is 0.527. The molecule has 3 aliphatic rings. The Kier molecular flexibility index (Phi) is 2.70. The zero-order chi connectivity index (χ0) is 12.6. The fourth-order valence-corrected chi connectivity index (χ4v) is 5.90. The van der Waals surface area contributed by atoms with Crippen molar-refractivity contribution in [2.75, 3.05) is 0 Å². The first-order chi connectivity index (χ1) is 7.79. The van der Waals surface area contributed by atoms with Gasteiger partial charge in [0, 0.05) is 11.8 Å². The van der Waals surface area contributed by atoms with Gasteiger partial charge in [0.15, 0.2) is 4.33 Å². The molecule has 0 aliphatic heterocycles. The monoisotopic (exact) mass is 348 g/mol. The maximum absolute atomic E-state index is 6.59. The molecule has 0 amide bonds. The second-order valence-corrected chi connectivity index (χ2v) is 7.72. The molecule has 0 radical (unpaired) electrons. The highest BCUT2D eigenvalue weighted by Crippen LogP contribution is 2.76. The van der Waals surface area contributed by atoms with Crippen LogP contribution in [-0.2, 0) is 0 Å². The van der Waals surface area contributed by atoms with E-state index in [2.05, 4.69) is 0 Å². The lowest BCUT2D eigenvalue weighted by atomic mass is 9.79. The molecule has 2 unspecified atom stereocenters. The largest absolute Gasteiger partial charge is 0.167 e. The van der Waals surface area contributed by atoms with Crippen LogP contribution >= 0.6 is 69.6 Å². The molecule has 92 valence electrons. The van der Waals surface area contributed by atoms with Crippen molar-refractivity contribution < 1.29 is 0 Å². The molecular formula is C11H6Cl6. The second kappa shape index (κ2) is 3.53. The third-order valence-electron chi connectivity index (χ3n) is 3.80. The van der Waals surface area contributed by atoms with Gasteiger partial charge in [0.2, 0.25) is 0 Å². The van der Waals surface area contributed by atoms with Crippen molar-refractivity contribution >= 4 is 69.6 Å². The Morgan fingerprint density at radius 3 is 1.47 bits per heavy atom. The van der Waals surface area contributed by atoms with Crippen LogP contribution in [0, 0.1) is 11.8 Å². The van der Waals surface area contributed by atoms with Crippen molar-refractivity contribution in [3.05, 3.63) is 34.4 Å². The van der Waals surface area contributed by atoms with Crippen molar-refractivity contribution in [2.45, 2.75) is 14.1 Å². The summed E-state index contributed by atoms with van der Waals surface area (Å²) in [6.07, 6.45) is 7.61. The minimum atomic E-state index is -1.44. The summed E-state index contributed by atoms with van der Waals surface area (Å²) in [4.78, 5) is -2.33. The highest BCUT2D eigenvalue weighted by atomic mass is 35.5. The van der Waals surface area contributed by atoms with Crippen LogP contribution < -0.4 is 0 Å². The van der Waals surface area contributed by atoms with E-state index in [0.29, 0.717) is 0 Å². The Morgan fingerprint density at radius 2 is 1.12 bits per heavy atom. The predicted octanol–water partition coefficient (Wildman–Crippen LogP) is 5.19. The van der Waals surface area contributed by atoms with Gasteiger partial charge in [-0.25, -0.2) is 0 Å². The molecule has 3 rings (SSSR count). The first-order valence-electron chi connectivity index (χ1n) is 4.96. The lowest BCUT2D eigenvalue weighted by Gasteiger charge is -2.34. The minimum Gasteiger partial charge on any atom is -0.109 e. The van der Waals surface area contributed by atoms with Gasteiger partial charge in [0.1, 0.15) is 9.75 Å². The number of rotatable bonds is 0. The smallest absolute Gasteiger partial charge is 0.109 e. The van der Waals surface area contributed by atoms with Crippen molar-refractivity contribution in [3.63, 3.8) is 0 Å². The van der Waals surface area contributed by atoms with E-state index in [1.807, 2.05) is 24.3 Å². The molecule has 0 spiro atoms. The molecule has 0 aromatic rings. The molecule has 0 aromatic carbocycles. The molecule has 4 atom stereocenters. The lowest BCUT2D eigenvalue weighted by Crippen LogP contribution is -2.44. The van der Waals surface area contributed by atoms with Crippen molar-refractivity contribution in [2.24, 2.45) is 11.8 Å². The number of halogens is 6. The summed E-state index contributed by atoms with van der Waals surface area (Å²) in [6.45, 7) is 0. The summed E-state index contributed by atoms with van der Waals surface area (Å²) >= 11 is 38.4. The van der Waals surface area contributed by atoms with Gasteiger partial charge in [0.05, 0.1) is 10.1 Å². The zero-order valence-corrected chi connectivity index (χ0v) is 12.8. The maximum Gasteiger partial charge on any atom is 0.167 e. The third kappa shape index (κ3) is 1.13.